The Balaban J connectivity index is 0.00000220. The maximum Gasteiger partial charge on any atom is 0.101 e. The largest absolute Gasteiger partial charge is 0.384 e. The molecule has 1 aromatic rings. The van der Waals surface area contributed by atoms with Crippen molar-refractivity contribution >= 4 is 42.1 Å². The van der Waals surface area contributed by atoms with Crippen molar-refractivity contribution in [3.05, 3.63) is 28.8 Å². The van der Waals surface area contributed by atoms with E-state index in [1.54, 1.807) is 13.2 Å². The molecule has 0 bridgehead atoms. The van der Waals surface area contributed by atoms with Gasteiger partial charge in [0, 0.05) is 24.8 Å². The third kappa shape index (κ3) is 5.49. The smallest absolute Gasteiger partial charge is 0.101 e. The first kappa shape index (κ1) is 21.3. The van der Waals surface area contributed by atoms with Crippen LogP contribution >= 0.6 is 36.4 Å². The lowest BCUT2D eigenvalue weighted by Crippen LogP contribution is -2.44. The maximum absolute atomic E-state index is 8.88. The zero-order valence-electron chi connectivity index (χ0n) is 12.5. The van der Waals surface area contributed by atoms with Crippen molar-refractivity contribution in [3.63, 3.8) is 0 Å². The summed E-state index contributed by atoms with van der Waals surface area (Å²) in [4.78, 5) is 0. The third-order valence-corrected chi connectivity index (χ3v) is 4.18. The number of nitriles is 1. The summed E-state index contributed by atoms with van der Waals surface area (Å²) in [6.45, 7) is 3.66. The Morgan fingerprint density at radius 3 is 2.59 bits per heavy atom. The van der Waals surface area contributed by atoms with E-state index in [-0.39, 0.29) is 30.2 Å². The molecule has 1 aromatic carbocycles. The number of hydrogen-bond donors (Lipinski definition) is 2. The van der Waals surface area contributed by atoms with Gasteiger partial charge in [0.05, 0.1) is 17.2 Å². The van der Waals surface area contributed by atoms with Crippen LogP contribution < -0.4 is 10.6 Å². The average Bonchev–Trinajstić information content (AvgIpc) is 2.47. The molecule has 1 fully saturated rings. The summed E-state index contributed by atoms with van der Waals surface area (Å²) >= 11 is 6.05. The Bertz CT molecular complexity index is 494. The Morgan fingerprint density at radius 2 is 2.05 bits per heavy atom. The summed E-state index contributed by atoms with van der Waals surface area (Å²) in [5.74, 6) is 0. The standard InChI is InChI=1S/C15H20ClN3O.2ClH/c1-20-11-15(4-6-18-7-5-15)10-19-13-3-2-12(9-17)14(16)8-13;;/h2-3,8,18-19H,4-7,10-11H2,1H3;2*1H. The van der Waals surface area contributed by atoms with Crippen molar-refractivity contribution in [2.45, 2.75) is 12.8 Å². The van der Waals surface area contributed by atoms with Crippen molar-refractivity contribution < 1.29 is 4.74 Å². The summed E-state index contributed by atoms with van der Waals surface area (Å²) < 4.78 is 5.40. The molecule has 0 unspecified atom stereocenters. The van der Waals surface area contributed by atoms with E-state index in [2.05, 4.69) is 16.7 Å². The Hall–Kier alpha value is -0.700. The van der Waals surface area contributed by atoms with Gasteiger partial charge >= 0.3 is 0 Å². The Kier molecular flexibility index (Phi) is 9.82. The molecule has 0 aliphatic carbocycles. The molecule has 0 radical (unpaired) electrons. The monoisotopic (exact) mass is 365 g/mol. The highest BCUT2D eigenvalue weighted by atomic mass is 35.5. The second-order valence-electron chi connectivity index (χ2n) is 5.34. The molecule has 0 saturated carbocycles. The molecule has 1 aliphatic rings. The average molecular weight is 367 g/mol. The van der Waals surface area contributed by atoms with E-state index in [1.165, 1.54) is 0 Å². The number of ether oxygens (including phenoxy) is 1. The van der Waals surface area contributed by atoms with E-state index in [0.717, 1.165) is 44.8 Å². The number of piperidine rings is 1. The van der Waals surface area contributed by atoms with Crippen LogP contribution in [0.2, 0.25) is 5.02 Å². The molecule has 0 amide bonds. The van der Waals surface area contributed by atoms with Gasteiger partial charge in [-0.3, -0.25) is 0 Å². The van der Waals surface area contributed by atoms with Gasteiger partial charge in [-0.15, -0.1) is 24.8 Å². The lowest BCUT2D eigenvalue weighted by atomic mass is 9.79. The zero-order chi connectivity index (χ0) is 14.4. The van der Waals surface area contributed by atoms with Crippen molar-refractivity contribution in [3.8, 4) is 6.07 Å². The lowest BCUT2D eigenvalue weighted by molar-refractivity contribution is 0.0636. The number of hydrogen-bond acceptors (Lipinski definition) is 4. The molecule has 0 aromatic heterocycles. The predicted molar refractivity (Wildman–Crippen MR) is 95.6 cm³/mol. The van der Waals surface area contributed by atoms with E-state index in [9.17, 15) is 0 Å². The highest BCUT2D eigenvalue weighted by Crippen LogP contribution is 2.30. The van der Waals surface area contributed by atoms with Crippen LogP contribution in [0.15, 0.2) is 18.2 Å². The molecular formula is C15H22Cl3N3O. The van der Waals surface area contributed by atoms with Crippen LogP contribution in [0.3, 0.4) is 0 Å². The van der Waals surface area contributed by atoms with E-state index in [0.29, 0.717) is 10.6 Å². The lowest BCUT2D eigenvalue weighted by Gasteiger charge is -2.37. The maximum atomic E-state index is 8.88. The molecule has 1 saturated heterocycles. The molecule has 1 aliphatic heterocycles. The molecule has 1 heterocycles. The molecule has 0 spiro atoms. The molecule has 4 nitrogen and oxygen atoms in total. The molecule has 0 atom stereocenters. The van der Waals surface area contributed by atoms with Gasteiger partial charge in [0.2, 0.25) is 0 Å². The second-order valence-corrected chi connectivity index (χ2v) is 5.75. The third-order valence-electron chi connectivity index (χ3n) is 3.87. The molecular weight excluding hydrogens is 345 g/mol. The summed E-state index contributed by atoms with van der Waals surface area (Å²) in [6.07, 6.45) is 2.19. The van der Waals surface area contributed by atoms with Gasteiger partial charge in [-0.25, -0.2) is 0 Å². The fraction of sp³-hybridized carbons (Fsp3) is 0.533. The SMILES string of the molecule is COCC1(CNc2ccc(C#N)c(Cl)c2)CCNCC1.Cl.Cl. The molecule has 2 N–H and O–H groups in total. The van der Waals surface area contributed by atoms with Gasteiger partial charge in [-0.1, -0.05) is 11.6 Å². The van der Waals surface area contributed by atoms with Crippen LogP contribution in [-0.2, 0) is 4.74 Å². The Labute approximate surface area is 149 Å². The van der Waals surface area contributed by atoms with Gasteiger partial charge in [-0.2, -0.15) is 5.26 Å². The van der Waals surface area contributed by atoms with Crippen LogP contribution in [0, 0.1) is 16.7 Å². The van der Waals surface area contributed by atoms with E-state index in [4.69, 9.17) is 21.6 Å². The van der Waals surface area contributed by atoms with E-state index in [1.807, 2.05) is 12.1 Å². The fourth-order valence-corrected chi connectivity index (χ4v) is 2.86. The molecule has 22 heavy (non-hydrogen) atoms. The first-order valence-corrected chi connectivity index (χ1v) is 7.20. The van der Waals surface area contributed by atoms with Crippen LogP contribution in [0.1, 0.15) is 18.4 Å². The van der Waals surface area contributed by atoms with Crippen LogP contribution in [0.25, 0.3) is 0 Å². The molecule has 7 heteroatoms. The van der Waals surface area contributed by atoms with Crippen molar-refractivity contribution in [1.82, 2.24) is 5.32 Å². The van der Waals surface area contributed by atoms with Crippen LogP contribution in [0.5, 0.6) is 0 Å². The number of nitrogens with zero attached hydrogens (tertiary/aromatic N) is 1. The summed E-state index contributed by atoms with van der Waals surface area (Å²) in [5, 5.41) is 16.2. The summed E-state index contributed by atoms with van der Waals surface area (Å²) in [5.41, 5.74) is 1.62. The first-order valence-electron chi connectivity index (χ1n) is 6.82. The second kappa shape index (κ2) is 10.1. The molecule has 2 rings (SSSR count). The molecule has 124 valence electrons. The number of methoxy groups -OCH3 is 1. The Morgan fingerprint density at radius 1 is 1.36 bits per heavy atom. The van der Waals surface area contributed by atoms with Gasteiger partial charge in [0.25, 0.3) is 0 Å². The number of halogens is 3. The van der Waals surface area contributed by atoms with Crippen molar-refractivity contribution in [2.75, 3.05) is 38.7 Å². The van der Waals surface area contributed by atoms with Gasteiger partial charge in [0.1, 0.15) is 6.07 Å². The highest BCUT2D eigenvalue weighted by molar-refractivity contribution is 6.32. The van der Waals surface area contributed by atoms with Gasteiger partial charge in [0.15, 0.2) is 0 Å². The minimum absolute atomic E-state index is 0. The fourth-order valence-electron chi connectivity index (χ4n) is 2.64. The number of nitrogens with one attached hydrogen (secondary N) is 2. The van der Waals surface area contributed by atoms with Crippen LogP contribution in [-0.4, -0.2) is 33.4 Å². The van der Waals surface area contributed by atoms with E-state index < -0.39 is 0 Å². The number of benzene rings is 1. The quantitative estimate of drug-likeness (QED) is 0.837. The number of anilines is 1. The number of rotatable bonds is 5. The van der Waals surface area contributed by atoms with Crippen molar-refractivity contribution in [1.29, 1.82) is 5.26 Å². The minimum atomic E-state index is 0. The summed E-state index contributed by atoms with van der Waals surface area (Å²) in [6, 6.07) is 7.52. The van der Waals surface area contributed by atoms with Crippen molar-refractivity contribution in [2.24, 2.45) is 5.41 Å². The van der Waals surface area contributed by atoms with Gasteiger partial charge in [-0.05, 0) is 44.1 Å². The zero-order valence-corrected chi connectivity index (χ0v) is 14.9. The van der Waals surface area contributed by atoms with Crippen LogP contribution in [0.4, 0.5) is 5.69 Å². The normalized spacial score (nSPS) is 15.9. The van der Waals surface area contributed by atoms with Gasteiger partial charge < -0.3 is 15.4 Å². The minimum Gasteiger partial charge on any atom is -0.384 e. The highest BCUT2D eigenvalue weighted by Gasteiger charge is 2.31. The first-order chi connectivity index (χ1) is 9.69. The summed E-state index contributed by atoms with van der Waals surface area (Å²) in [7, 11) is 1.75. The predicted octanol–water partition coefficient (Wildman–Crippen LogP) is 3.48. The topological polar surface area (TPSA) is 57.1 Å². The van der Waals surface area contributed by atoms with E-state index >= 15 is 0 Å².